The molecular weight excluding hydrogens is 326 g/mol. The van der Waals surface area contributed by atoms with Crippen LogP contribution in [-0.4, -0.2) is 33.3 Å². The number of hydrogen-bond acceptors (Lipinski definition) is 4. The average Bonchev–Trinajstić information content (AvgIpc) is 2.93. The van der Waals surface area contributed by atoms with E-state index < -0.39 is 6.10 Å². The normalized spacial score (nSPS) is 13.0. The number of carbonyl (C=O) groups excluding carboxylic acids is 1. The molecule has 0 amide bonds. The maximum atomic E-state index is 12.6. The summed E-state index contributed by atoms with van der Waals surface area (Å²) in [7, 11) is 0. The van der Waals surface area contributed by atoms with Crippen LogP contribution in [0.2, 0.25) is 0 Å². The van der Waals surface area contributed by atoms with Crippen LogP contribution in [0.15, 0.2) is 30.3 Å². The number of benzene rings is 1. The topological polar surface area (TPSA) is 67.2 Å². The van der Waals surface area contributed by atoms with E-state index in [1.54, 1.807) is 11.6 Å². The molecule has 2 N–H and O–H groups in total. The Hall–Kier alpha value is -2.42. The van der Waals surface area contributed by atoms with Crippen molar-refractivity contribution in [1.82, 2.24) is 15.1 Å². The van der Waals surface area contributed by atoms with Crippen molar-refractivity contribution in [3.05, 3.63) is 52.8 Å². The Morgan fingerprint density at radius 2 is 2.00 bits per heavy atom. The number of rotatable bonds is 8. The number of Topliss-reactive ketones (excluding diaryl/α,β-unsaturated/α-hetero) is 1. The lowest BCUT2D eigenvalue weighted by Gasteiger charge is -2.20. The minimum Gasteiger partial charge on any atom is -0.387 e. The summed E-state index contributed by atoms with van der Waals surface area (Å²) in [6, 6.07) is 9.38. The molecule has 5 heteroatoms. The Kier molecular flexibility index (Phi) is 7.14. The molecule has 0 aliphatic carbocycles. The van der Waals surface area contributed by atoms with Crippen LogP contribution in [0.4, 0.5) is 0 Å². The van der Waals surface area contributed by atoms with Gasteiger partial charge in [0.1, 0.15) is 6.54 Å². The van der Waals surface area contributed by atoms with Crippen LogP contribution in [0.25, 0.3) is 0 Å². The average molecular weight is 353 g/mol. The maximum Gasteiger partial charge on any atom is 0.167 e. The van der Waals surface area contributed by atoms with Gasteiger partial charge in [0.25, 0.3) is 0 Å². The molecule has 2 unspecified atom stereocenters. The highest BCUT2D eigenvalue weighted by atomic mass is 16.3. The van der Waals surface area contributed by atoms with E-state index in [0.717, 1.165) is 17.0 Å². The van der Waals surface area contributed by atoms with Gasteiger partial charge in [-0.1, -0.05) is 36.3 Å². The van der Waals surface area contributed by atoms with Crippen molar-refractivity contribution in [2.24, 2.45) is 0 Å². The predicted molar refractivity (Wildman–Crippen MR) is 103 cm³/mol. The summed E-state index contributed by atoms with van der Waals surface area (Å²) in [5, 5.41) is 18.0. The second-order valence-corrected chi connectivity index (χ2v) is 6.40. The Balaban J connectivity index is 1.92. The van der Waals surface area contributed by atoms with Crippen molar-refractivity contribution in [2.45, 2.75) is 52.8 Å². The van der Waals surface area contributed by atoms with Crippen molar-refractivity contribution < 1.29 is 9.90 Å². The van der Waals surface area contributed by atoms with Crippen molar-refractivity contribution in [3.8, 4) is 11.8 Å². The first-order valence-electron chi connectivity index (χ1n) is 8.89. The van der Waals surface area contributed by atoms with Crippen LogP contribution in [0, 0.1) is 25.7 Å². The molecule has 26 heavy (non-hydrogen) atoms. The molecule has 0 aliphatic rings. The monoisotopic (exact) mass is 353 g/mol. The van der Waals surface area contributed by atoms with Crippen LogP contribution >= 0.6 is 0 Å². The molecule has 0 fully saturated rings. The lowest BCUT2D eigenvalue weighted by Crippen LogP contribution is -2.33. The molecule has 0 spiro atoms. The van der Waals surface area contributed by atoms with Gasteiger partial charge in [-0.15, -0.1) is 5.92 Å². The number of carbonyl (C=O) groups is 1. The van der Waals surface area contributed by atoms with Gasteiger partial charge in [0, 0.05) is 24.7 Å². The first-order valence-corrected chi connectivity index (χ1v) is 8.89. The third-order valence-corrected chi connectivity index (χ3v) is 4.50. The fourth-order valence-electron chi connectivity index (χ4n) is 3.00. The van der Waals surface area contributed by atoms with Gasteiger partial charge in [0.05, 0.1) is 17.4 Å². The third-order valence-electron chi connectivity index (χ3n) is 4.50. The van der Waals surface area contributed by atoms with E-state index in [1.165, 1.54) is 0 Å². The van der Waals surface area contributed by atoms with E-state index in [4.69, 9.17) is 0 Å². The quantitative estimate of drug-likeness (QED) is 0.566. The van der Waals surface area contributed by atoms with E-state index >= 15 is 0 Å². The fraction of sp³-hybridized carbons (Fsp3) is 0.429. The maximum absolute atomic E-state index is 12.6. The Morgan fingerprint density at radius 1 is 1.31 bits per heavy atom. The SMILES string of the molecule is CC#CCn1nc(C)c(C(=O)CCNC(C)C(O)c2ccccc2)c1C. The van der Waals surface area contributed by atoms with Crippen LogP contribution in [0.1, 0.15) is 53.7 Å². The van der Waals surface area contributed by atoms with Gasteiger partial charge in [-0.25, -0.2) is 0 Å². The summed E-state index contributed by atoms with van der Waals surface area (Å²) in [6.45, 7) is 8.46. The van der Waals surface area contributed by atoms with Gasteiger partial charge in [-0.2, -0.15) is 5.10 Å². The van der Waals surface area contributed by atoms with Gasteiger partial charge < -0.3 is 10.4 Å². The van der Waals surface area contributed by atoms with E-state index in [-0.39, 0.29) is 11.8 Å². The zero-order valence-corrected chi connectivity index (χ0v) is 15.9. The van der Waals surface area contributed by atoms with Gasteiger partial charge in [0.15, 0.2) is 5.78 Å². The zero-order valence-electron chi connectivity index (χ0n) is 15.9. The highest BCUT2D eigenvalue weighted by Gasteiger charge is 2.19. The summed E-state index contributed by atoms with van der Waals surface area (Å²) < 4.78 is 1.77. The van der Waals surface area contributed by atoms with Crippen LogP contribution < -0.4 is 5.32 Å². The Morgan fingerprint density at radius 3 is 2.65 bits per heavy atom. The van der Waals surface area contributed by atoms with Gasteiger partial charge >= 0.3 is 0 Å². The highest BCUT2D eigenvalue weighted by Crippen LogP contribution is 2.17. The van der Waals surface area contributed by atoms with Crippen LogP contribution in [-0.2, 0) is 6.54 Å². The molecule has 2 aromatic rings. The van der Waals surface area contributed by atoms with E-state index in [0.29, 0.717) is 25.1 Å². The number of ketones is 1. The molecule has 0 saturated carbocycles. The molecular formula is C21H27N3O2. The molecule has 0 aliphatic heterocycles. The molecule has 0 radical (unpaired) electrons. The van der Waals surface area contributed by atoms with Crippen LogP contribution in [0.3, 0.4) is 0 Å². The smallest absolute Gasteiger partial charge is 0.167 e. The Labute approximate surface area is 155 Å². The number of aliphatic hydroxyl groups excluding tert-OH is 1. The molecule has 2 rings (SSSR count). The summed E-state index contributed by atoms with van der Waals surface area (Å²) in [5.74, 6) is 5.87. The zero-order chi connectivity index (χ0) is 19.1. The molecule has 138 valence electrons. The standard InChI is InChI=1S/C21H27N3O2/c1-5-6-14-24-17(4)20(15(2)23-24)19(25)12-13-22-16(3)21(26)18-10-8-7-9-11-18/h7-11,16,21-22,26H,12-14H2,1-4H3. The summed E-state index contributed by atoms with van der Waals surface area (Å²) in [5.41, 5.74) is 3.14. The van der Waals surface area contributed by atoms with Gasteiger partial charge in [0.2, 0.25) is 0 Å². The summed E-state index contributed by atoms with van der Waals surface area (Å²) >= 11 is 0. The second-order valence-electron chi connectivity index (χ2n) is 6.40. The van der Waals surface area contributed by atoms with E-state index in [2.05, 4.69) is 22.3 Å². The lowest BCUT2D eigenvalue weighted by molar-refractivity contribution is 0.0971. The lowest BCUT2D eigenvalue weighted by atomic mass is 10.0. The van der Waals surface area contributed by atoms with Crippen molar-refractivity contribution in [1.29, 1.82) is 0 Å². The second kappa shape index (κ2) is 9.33. The van der Waals surface area contributed by atoms with Crippen LogP contribution in [0.5, 0.6) is 0 Å². The fourth-order valence-corrected chi connectivity index (χ4v) is 3.00. The molecule has 5 nitrogen and oxygen atoms in total. The predicted octanol–water partition coefficient (Wildman–Crippen LogP) is 2.81. The van der Waals surface area contributed by atoms with E-state index in [1.807, 2.05) is 51.1 Å². The summed E-state index contributed by atoms with van der Waals surface area (Å²) in [4.78, 5) is 12.6. The Bertz CT molecular complexity index is 800. The number of aryl methyl sites for hydroxylation is 1. The third kappa shape index (κ3) is 4.81. The summed E-state index contributed by atoms with van der Waals surface area (Å²) in [6.07, 6.45) is -0.247. The van der Waals surface area contributed by atoms with Crippen molar-refractivity contribution in [2.75, 3.05) is 6.54 Å². The van der Waals surface area contributed by atoms with Crippen molar-refractivity contribution in [3.63, 3.8) is 0 Å². The molecule has 0 saturated heterocycles. The van der Waals surface area contributed by atoms with E-state index in [9.17, 15) is 9.90 Å². The number of aliphatic hydroxyl groups is 1. The minimum atomic E-state index is -0.606. The molecule has 0 bridgehead atoms. The van der Waals surface area contributed by atoms with Crippen molar-refractivity contribution >= 4 is 5.78 Å². The number of nitrogens with zero attached hydrogens (tertiary/aromatic N) is 2. The molecule has 1 heterocycles. The first-order chi connectivity index (χ1) is 12.5. The number of nitrogens with one attached hydrogen (secondary N) is 1. The number of hydrogen-bond donors (Lipinski definition) is 2. The largest absolute Gasteiger partial charge is 0.387 e. The minimum absolute atomic E-state index is 0.0598. The first kappa shape index (κ1) is 19.9. The van der Waals surface area contributed by atoms with Gasteiger partial charge in [-0.3, -0.25) is 9.48 Å². The molecule has 1 aromatic carbocycles. The number of aromatic nitrogens is 2. The van der Waals surface area contributed by atoms with Gasteiger partial charge in [-0.05, 0) is 33.3 Å². The highest BCUT2D eigenvalue weighted by molar-refractivity contribution is 5.98. The molecule has 2 atom stereocenters. The molecule has 1 aromatic heterocycles.